The summed E-state index contributed by atoms with van der Waals surface area (Å²) in [4.78, 5) is 0. The Labute approximate surface area is 163 Å². The number of hydroxylamine groups is 1. The standard InChI is InChI=1S/C19H33N3O4S/c1-17(2,3)14-10-12-15(13-11-14)20-16(21-18(4,5)6)22(19(7,8)9)26-27(23,24)25/h10-13H,1-9H3,(H2,20,21,23,24,25). The van der Waals surface area contributed by atoms with Crippen molar-refractivity contribution in [3.8, 4) is 0 Å². The van der Waals surface area contributed by atoms with E-state index in [0.717, 1.165) is 10.4 Å². The minimum atomic E-state index is -4.95. The van der Waals surface area contributed by atoms with E-state index in [4.69, 9.17) is 4.28 Å². The first kappa shape index (κ1) is 23.2. The number of nitrogens with zero attached hydrogens (tertiary/aromatic N) is 1. The number of anilines is 1. The maximum atomic E-state index is 11.3. The summed E-state index contributed by atoms with van der Waals surface area (Å²) in [7, 11) is -4.95. The summed E-state index contributed by atoms with van der Waals surface area (Å²) in [6.07, 6.45) is 0. The van der Waals surface area contributed by atoms with Crippen molar-refractivity contribution in [3.05, 3.63) is 29.8 Å². The summed E-state index contributed by atoms with van der Waals surface area (Å²) in [5.74, 6) is 0.262. The predicted molar refractivity (Wildman–Crippen MR) is 107 cm³/mol. The van der Waals surface area contributed by atoms with Crippen molar-refractivity contribution in [1.82, 2.24) is 5.32 Å². The predicted octanol–water partition coefficient (Wildman–Crippen LogP) is 3.34. The molecule has 7 nitrogen and oxygen atoms in total. The number of guanidine groups is 1. The van der Waals surface area contributed by atoms with E-state index in [1.165, 1.54) is 5.56 Å². The van der Waals surface area contributed by atoms with Crippen molar-refractivity contribution in [1.29, 1.82) is 0 Å². The fourth-order valence-electron chi connectivity index (χ4n) is 2.25. The summed E-state index contributed by atoms with van der Waals surface area (Å²) >= 11 is 0. The van der Waals surface area contributed by atoms with Crippen molar-refractivity contribution in [2.24, 2.45) is 0 Å². The molecule has 0 fully saturated rings. The van der Waals surface area contributed by atoms with Crippen LogP contribution in [0.15, 0.2) is 24.3 Å². The van der Waals surface area contributed by atoms with Crippen LogP contribution in [-0.4, -0.2) is 34.7 Å². The Balaban J connectivity index is 3.42. The fourth-order valence-corrected chi connectivity index (χ4v) is 2.73. The van der Waals surface area contributed by atoms with Crippen molar-refractivity contribution < 1.29 is 22.0 Å². The molecule has 0 bridgehead atoms. The lowest BCUT2D eigenvalue weighted by Crippen LogP contribution is -2.53. The molecule has 0 unspecified atom stereocenters. The van der Waals surface area contributed by atoms with Crippen LogP contribution in [0.1, 0.15) is 67.9 Å². The molecule has 1 aromatic rings. The van der Waals surface area contributed by atoms with Crippen LogP contribution in [0.3, 0.4) is 0 Å². The zero-order valence-electron chi connectivity index (χ0n) is 17.8. The summed E-state index contributed by atoms with van der Waals surface area (Å²) in [5.41, 5.74) is 0.711. The Hall–Kier alpha value is -1.80. The molecule has 0 spiro atoms. The molecule has 2 N–H and O–H groups in total. The third-order valence-corrected chi connectivity index (χ3v) is 3.82. The first-order valence-corrected chi connectivity index (χ1v) is 10.2. The minimum Gasteiger partial charge on any atom is -0.713 e. The lowest BCUT2D eigenvalue weighted by atomic mass is 9.87. The quantitative estimate of drug-likeness (QED) is 0.202. The average molecular weight is 400 g/mol. The van der Waals surface area contributed by atoms with Gasteiger partial charge in [-0.2, -0.15) is 8.42 Å². The van der Waals surface area contributed by atoms with E-state index in [-0.39, 0.29) is 11.4 Å². The molecule has 0 radical (unpaired) electrons. The third kappa shape index (κ3) is 8.17. The second-order valence-electron chi connectivity index (χ2n) is 9.62. The Kier molecular flexibility index (Phi) is 6.60. The van der Waals surface area contributed by atoms with Crippen LogP contribution >= 0.6 is 0 Å². The lowest BCUT2D eigenvalue weighted by molar-refractivity contribution is -0.795. The maximum absolute atomic E-state index is 11.3. The van der Waals surface area contributed by atoms with Crippen LogP contribution in [-0.2, 0) is 20.1 Å². The minimum absolute atomic E-state index is 0.0198. The SMILES string of the molecule is CC(C)(C)N/C(Nc1ccc(C(C)(C)C)cc1)=[N+](\OS(=O)(=O)[O-])C(C)(C)C. The van der Waals surface area contributed by atoms with Crippen LogP contribution < -0.4 is 10.6 Å². The zero-order chi connectivity index (χ0) is 21.3. The van der Waals surface area contributed by atoms with E-state index < -0.39 is 21.5 Å². The van der Waals surface area contributed by atoms with Gasteiger partial charge in [-0.1, -0.05) is 37.6 Å². The molecule has 0 aromatic heterocycles. The number of nitrogens with one attached hydrogen (secondary N) is 2. The average Bonchev–Trinajstić information content (AvgIpc) is 2.40. The van der Waals surface area contributed by atoms with Crippen molar-refractivity contribution in [2.45, 2.75) is 78.8 Å². The van der Waals surface area contributed by atoms with Gasteiger partial charge in [0.2, 0.25) is 0 Å². The van der Waals surface area contributed by atoms with E-state index in [0.29, 0.717) is 0 Å². The lowest BCUT2D eigenvalue weighted by Gasteiger charge is -2.27. The molecule has 1 rings (SSSR count). The third-order valence-electron chi connectivity index (χ3n) is 3.49. The molecule has 8 heteroatoms. The molecule has 0 atom stereocenters. The monoisotopic (exact) mass is 399 g/mol. The Morgan fingerprint density at radius 1 is 0.963 bits per heavy atom. The van der Waals surface area contributed by atoms with Gasteiger partial charge in [-0.15, -0.1) is 0 Å². The van der Waals surface area contributed by atoms with Crippen LogP contribution in [0.4, 0.5) is 5.69 Å². The molecular weight excluding hydrogens is 366 g/mol. The second kappa shape index (κ2) is 7.67. The van der Waals surface area contributed by atoms with Gasteiger partial charge in [-0.05, 0) is 64.7 Å². The first-order chi connectivity index (χ1) is 11.9. The first-order valence-electron chi connectivity index (χ1n) is 8.87. The normalized spacial score (nSPS) is 14.4. The molecular formula is C19H33N3O4S. The van der Waals surface area contributed by atoms with E-state index in [2.05, 4.69) is 31.4 Å². The molecule has 27 heavy (non-hydrogen) atoms. The van der Waals surface area contributed by atoms with Crippen LogP contribution in [0, 0.1) is 0 Å². The van der Waals surface area contributed by atoms with Gasteiger partial charge < -0.3 is 4.55 Å². The van der Waals surface area contributed by atoms with Gasteiger partial charge >= 0.3 is 5.96 Å². The highest BCUT2D eigenvalue weighted by Gasteiger charge is 2.32. The number of hydrogen-bond acceptors (Lipinski definition) is 4. The molecule has 0 amide bonds. The van der Waals surface area contributed by atoms with Crippen molar-refractivity contribution in [3.63, 3.8) is 0 Å². The summed E-state index contributed by atoms with van der Waals surface area (Å²) in [6, 6.07) is 7.81. The van der Waals surface area contributed by atoms with Gasteiger partial charge in [0, 0.05) is 0 Å². The molecule has 0 saturated heterocycles. The smallest absolute Gasteiger partial charge is 0.389 e. The zero-order valence-corrected chi connectivity index (χ0v) is 18.6. The van der Waals surface area contributed by atoms with Gasteiger partial charge in [0.25, 0.3) is 10.4 Å². The number of hydrogen-bond donors (Lipinski definition) is 2. The van der Waals surface area contributed by atoms with Gasteiger partial charge in [0.05, 0.1) is 11.2 Å². The van der Waals surface area contributed by atoms with Crippen molar-refractivity contribution >= 4 is 22.0 Å². The van der Waals surface area contributed by atoms with Crippen molar-refractivity contribution in [2.75, 3.05) is 5.32 Å². The fraction of sp³-hybridized carbons (Fsp3) is 0.632. The summed E-state index contributed by atoms with van der Waals surface area (Å²) in [5, 5.41) is 6.33. The topological polar surface area (TPSA) is 93.5 Å². The maximum Gasteiger partial charge on any atom is 0.389 e. The van der Waals surface area contributed by atoms with E-state index in [9.17, 15) is 13.0 Å². The highest BCUT2D eigenvalue weighted by Crippen LogP contribution is 2.23. The molecule has 0 heterocycles. The highest BCUT2D eigenvalue weighted by molar-refractivity contribution is 7.80. The molecule has 154 valence electrons. The Morgan fingerprint density at radius 3 is 1.78 bits per heavy atom. The van der Waals surface area contributed by atoms with E-state index in [1.807, 2.05) is 45.0 Å². The van der Waals surface area contributed by atoms with Crippen LogP contribution in [0.2, 0.25) is 0 Å². The number of rotatable bonds is 3. The van der Waals surface area contributed by atoms with Gasteiger partial charge in [0.15, 0.2) is 0 Å². The van der Waals surface area contributed by atoms with E-state index in [1.54, 1.807) is 20.8 Å². The van der Waals surface area contributed by atoms with Gasteiger partial charge in [-0.25, -0.2) is 9.60 Å². The largest absolute Gasteiger partial charge is 0.713 e. The van der Waals surface area contributed by atoms with Crippen LogP contribution in [0.25, 0.3) is 0 Å². The second-order valence-corrected chi connectivity index (χ2v) is 10.6. The molecule has 1 aromatic carbocycles. The summed E-state index contributed by atoms with van der Waals surface area (Å²) in [6.45, 7) is 17.4. The van der Waals surface area contributed by atoms with Gasteiger partial charge in [-0.3, -0.25) is 5.32 Å². The van der Waals surface area contributed by atoms with Crippen LogP contribution in [0.5, 0.6) is 0 Å². The molecule has 0 aliphatic carbocycles. The van der Waals surface area contributed by atoms with Gasteiger partial charge in [0.1, 0.15) is 5.54 Å². The van der Waals surface area contributed by atoms with E-state index >= 15 is 0 Å². The molecule has 0 aliphatic rings. The molecule has 0 saturated carbocycles. The molecule has 0 aliphatic heterocycles. The summed E-state index contributed by atoms with van der Waals surface area (Å²) < 4.78 is 39.6. The number of benzene rings is 1. The Morgan fingerprint density at radius 2 is 1.44 bits per heavy atom. The Bertz CT molecular complexity index is 778. The highest BCUT2D eigenvalue weighted by atomic mass is 32.3.